The summed E-state index contributed by atoms with van der Waals surface area (Å²) in [5.41, 5.74) is 1.56. The first kappa shape index (κ1) is 18.0. The molecule has 30 heavy (non-hydrogen) atoms. The Kier molecular flexibility index (Phi) is 4.06. The van der Waals surface area contributed by atoms with Gasteiger partial charge in [0.2, 0.25) is 5.76 Å². The van der Waals surface area contributed by atoms with E-state index in [1.165, 1.54) is 4.90 Å². The zero-order valence-electron chi connectivity index (χ0n) is 16.0. The van der Waals surface area contributed by atoms with Crippen molar-refractivity contribution in [1.29, 1.82) is 0 Å². The van der Waals surface area contributed by atoms with Crippen LogP contribution in [0.25, 0.3) is 11.0 Å². The minimum absolute atomic E-state index is 0.0165. The van der Waals surface area contributed by atoms with Crippen LogP contribution in [0.5, 0.6) is 11.5 Å². The number of para-hydroxylation sites is 1. The molecule has 6 heteroatoms. The largest absolute Gasteiger partial charge is 0.508 e. The summed E-state index contributed by atoms with van der Waals surface area (Å²) in [6.45, 7) is 0. The molecule has 1 unspecified atom stereocenters. The fourth-order valence-electron chi connectivity index (χ4n) is 3.94. The average Bonchev–Trinajstić information content (AvgIpc) is 3.07. The van der Waals surface area contributed by atoms with E-state index < -0.39 is 11.9 Å². The number of carbonyl (C=O) groups is 1. The van der Waals surface area contributed by atoms with Gasteiger partial charge in [-0.25, -0.2) is 0 Å². The Morgan fingerprint density at radius 2 is 1.73 bits per heavy atom. The van der Waals surface area contributed by atoms with Gasteiger partial charge < -0.3 is 14.3 Å². The predicted octanol–water partition coefficient (Wildman–Crippen LogP) is 4.26. The molecule has 148 valence electrons. The fraction of sp³-hybridized carbons (Fsp3) is 0.0833. The topological polar surface area (TPSA) is 80.0 Å². The molecule has 1 aliphatic rings. The molecule has 0 radical (unpaired) electrons. The van der Waals surface area contributed by atoms with Crippen molar-refractivity contribution < 1.29 is 19.1 Å². The molecule has 0 fully saturated rings. The number of anilines is 1. The fourth-order valence-corrected chi connectivity index (χ4v) is 3.94. The lowest BCUT2D eigenvalue weighted by molar-refractivity contribution is 0.0971. The third kappa shape index (κ3) is 2.65. The van der Waals surface area contributed by atoms with Gasteiger partial charge in [-0.2, -0.15) is 0 Å². The van der Waals surface area contributed by atoms with Crippen LogP contribution >= 0.6 is 0 Å². The van der Waals surface area contributed by atoms with Crippen LogP contribution in [0.1, 0.15) is 27.7 Å². The number of phenolic OH excluding ortho intramolecular Hbond substituents is 1. The van der Waals surface area contributed by atoms with E-state index in [4.69, 9.17) is 9.15 Å². The average molecular weight is 399 g/mol. The van der Waals surface area contributed by atoms with Crippen molar-refractivity contribution in [2.75, 3.05) is 12.0 Å². The number of aromatic hydroxyl groups is 1. The number of rotatable bonds is 3. The maximum Gasteiger partial charge on any atom is 0.295 e. The van der Waals surface area contributed by atoms with Gasteiger partial charge >= 0.3 is 0 Å². The van der Waals surface area contributed by atoms with E-state index in [1.54, 1.807) is 79.9 Å². The molecule has 4 aromatic rings. The van der Waals surface area contributed by atoms with E-state index in [0.29, 0.717) is 28.0 Å². The molecule has 0 bridgehead atoms. The Balaban J connectivity index is 1.79. The first-order valence-electron chi connectivity index (χ1n) is 9.41. The Morgan fingerprint density at radius 3 is 2.47 bits per heavy atom. The SMILES string of the molecule is COc1ccc(N2C(=O)c3oc4ccccc4c(=O)c3C2c2cccc(O)c2)cc1. The Hall–Kier alpha value is -4.06. The second-order valence-corrected chi connectivity index (χ2v) is 7.04. The first-order chi connectivity index (χ1) is 14.6. The van der Waals surface area contributed by atoms with Crippen molar-refractivity contribution in [3.05, 3.63) is 99.9 Å². The van der Waals surface area contributed by atoms with Crippen molar-refractivity contribution in [2.24, 2.45) is 0 Å². The van der Waals surface area contributed by atoms with Crippen LogP contribution in [0.15, 0.2) is 82.0 Å². The smallest absolute Gasteiger partial charge is 0.295 e. The Morgan fingerprint density at radius 1 is 0.967 bits per heavy atom. The highest BCUT2D eigenvalue weighted by Crippen LogP contribution is 2.42. The standard InChI is InChI=1S/C24H17NO5/c1-29-17-11-9-15(10-12-17)25-21(14-5-4-6-16(26)13-14)20-22(27)18-7-2-3-8-19(18)30-23(20)24(25)28/h2-13,21,26H,1H3. The normalized spacial score (nSPS) is 15.4. The van der Waals surface area contributed by atoms with E-state index in [2.05, 4.69) is 0 Å². The van der Waals surface area contributed by atoms with Crippen LogP contribution in [0.2, 0.25) is 0 Å². The van der Waals surface area contributed by atoms with Crippen molar-refractivity contribution >= 4 is 22.6 Å². The van der Waals surface area contributed by atoms with Gasteiger partial charge in [0, 0.05) is 5.69 Å². The molecular formula is C24H17NO5. The summed E-state index contributed by atoms with van der Waals surface area (Å²) in [6, 6.07) is 19.7. The molecular weight excluding hydrogens is 382 g/mol. The molecule has 0 saturated heterocycles. The molecule has 0 saturated carbocycles. The van der Waals surface area contributed by atoms with E-state index in [1.807, 2.05) is 0 Å². The lowest BCUT2D eigenvalue weighted by Gasteiger charge is -2.25. The monoisotopic (exact) mass is 399 g/mol. The second-order valence-electron chi connectivity index (χ2n) is 7.04. The number of hydrogen-bond donors (Lipinski definition) is 1. The number of amides is 1. The van der Waals surface area contributed by atoms with Gasteiger partial charge in [0.05, 0.1) is 24.1 Å². The Bertz CT molecular complexity index is 1340. The molecule has 1 aliphatic heterocycles. The maximum atomic E-state index is 13.4. The highest BCUT2D eigenvalue weighted by atomic mass is 16.5. The summed E-state index contributed by atoms with van der Waals surface area (Å²) in [7, 11) is 1.57. The van der Waals surface area contributed by atoms with Gasteiger partial charge in [0.15, 0.2) is 5.43 Å². The maximum absolute atomic E-state index is 13.4. The van der Waals surface area contributed by atoms with Gasteiger partial charge in [-0.05, 0) is 54.1 Å². The predicted molar refractivity (Wildman–Crippen MR) is 112 cm³/mol. The lowest BCUT2D eigenvalue weighted by Crippen LogP contribution is -2.29. The van der Waals surface area contributed by atoms with Crippen molar-refractivity contribution in [1.82, 2.24) is 0 Å². The van der Waals surface area contributed by atoms with Crippen molar-refractivity contribution in [2.45, 2.75) is 6.04 Å². The summed E-state index contributed by atoms with van der Waals surface area (Å²) in [4.78, 5) is 28.3. The number of ether oxygens (including phenoxy) is 1. The van der Waals surface area contributed by atoms with Crippen LogP contribution in [0.3, 0.4) is 0 Å². The lowest BCUT2D eigenvalue weighted by atomic mass is 9.98. The zero-order chi connectivity index (χ0) is 20.8. The summed E-state index contributed by atoms with van der Waals surface area (Å²) in [5, 5.41) is 10.4. The van der Waals surface area contributed by atoms with Crippen LogP contribution < -0.4 is 15.1 Å². The number of benzene rings is 3. The first-order valence-corrected chi connectivity index (χ1v) is 9.41. The van der Waals surface area contributed by atoms with E-state index in [-0.39, 0.29) is 22.5 Å². The minimum atomic E-state index is -0.728. The van der Waals surface area contributed by atoms with Gasteiger partial charge in [-0.15, -0.1) is 0 Å². The summed E-state index contributed by atoms with van der Waals surface area (Å²) in [6.07, 6.45) is 0. The van der Waals surface area contributed by atoms with Crippen LogP contribution in [0.4, 0.5) is 5.69 Å². The number of fused-ring (bicyclic) bond motifs is 2. The van der Waals surface area contributed by atoms with Gasteiger partial charge in [-0.1, -0.05) is 24.3 Å². The molecule has 5 rings (SSSR count). The second kappa shape index (κ2) is 6.77. The number of hydrogen-bond acceptors (Lipinski definition) is 5. The molecule has 1 amide bonds. The zero-order valence-corrected chi connectivity index (χ0v) is 16.0. The van der Waals surface area contributed by atoms with Gasteiger partial charge in [-0.3, -0.25) is 14.5 Å². The van der Waals surface area contributed by atoms with Gasteiger partial charge in [0.1, 0.15) is 17.1 Å². The minimum Gasteiger partial charge on any atom is -0.508 e. The molecule has 0 aliphatic carbocycles. The van der Waals surface area contributed by atoms with E-state index in [9.17, 15) is 14.7 Å². The summed E-state index contributed by atoms with van der Waals surface area (Å²) < 4.78 is 11.1. The van der Waals surface area contributed by atoms with E-state index in [0.717, 1.165) is 0 Å². The van der Waals surface area contributed by atoms with Crippen LogP contribution in [0, 0.1) is 0 Å². The molecule has 6 nitrogen and oxygen atoms in total. The number of carbonyl (C=O) groups excluding carboxylic acids is 1. The quantitative estimate of drug-likeness (QED) is 0.557. The highest BCUT2D eigenvalue weighted by molar-refractivity contribution is 6.10. The number of methoxy groups -OCH3 is 1. The molecule has 1 atom stereocenters. The van der Waals surface area contributed by atoms with Crippen LogP contribution in [-0.4, -0.2) is 18.1 Å². The number of nitrogens with zero attached hydrogens (tertiary/aromatic N) is 1. The third-order valence-corrected chi connectivity index (χ3v) is 5.31. The van der Waals surface area contributed by atoms with Crippen molar-refractivity contribution in [3.8, 4) is 11.5 Å². The van der Waals surface area contributed by atoms with Crippen LogP contribution in [-0.2, 0) is 0 Å². The number of phenols is 1. The molecule has 1 N–H and O–H groups in total. The molecule has 1 aromatic heterocycles. The third-order valence-electron chi connectivity index (χ3n) is 5.31. The summed E-state index contributed by atoms with van der Waals surface area (Å²) in [5.74, 6) is 0.305. The molecule has 2 heterocycles. The van der Waals surface area contributed by atoms with Crippen molar-refractivity contribution in [3.63, 3.8) is 0 Å². The highest BCUT2D eigenvalue weighted by Gasteiger charge is 2.43. The molecule has 3 aromatic carbocycles. The molecule has 0 spiro atoms. The van der Waals surface area contributed by atoms with Gasteiger partial charge in [0.25, 0.3) is 5.91 Å². The summed E-state index contributed by atoms with van der Waals surface area (Å²) >= 11 is 0. The Labute approximate surface area is 171 Å². The van der Waals surface area contributed by atoms with E-state index >= 15 is 0 Å².